The highest BCUT2D eigenvalue weighted by molar-refractivity contribution is 5.81. The molecule has 0 spiro atoms. The van der Waals surface area contributed by atoms with Gasteiger partial charge in [0.1, 0.15) is 11.6 Å². The Balaban J connectivity index is 2.56. The van der Waals surface area contributed by atoms with E-state index in [-0.39, 0.29) is 12.6 Å². The first-order valence-electron chi connectivity index (χ1n) is 4.43. The summed E-state index contributed by atoms with van der Waals surface area (Å²) in [7, 11) is 1.56. The van der Waals surface area contributed by atoms with Gasteiger partial charge in [-0.1, -0.05) is 17.3 Å². The molecule has 0 aliphatic rings. The highest BCUT2D eigenvalue weighted by atomic mass is 16.7. The summed E-state index contributed by atoms with van der Waals surface area (Å²) in [5, 5.41) is 11.3. The normalized spacial score (nSPS) is 11.4. The van der Waals surface area contributed by atoms with E-state index in [4.69, 9.17) is 20.4 Å². The fourth-order valence-electron chi connectivity index (χ4n) is 1.07. The molecule has 0 fully saturated rings. The summed E-state index contributed by atoms with van der Waals surface area (Å²) in [6.07, 6.45) is 0.418. The van der Waals surface area contributed by atoms with Crippen LogP contribution in [-0.4, -0.2) is 24.9 Å². The van der Waals surface area contributed by atoms with Gasteiger partial charge in [-0.2, -0.15) is 0 Å². The number of methoxy groups -OCH3 is 1. The summed E-state index contributed by atoms with van der Waals surface area (Å²) in [6, 6.07) is 7.31. The van der Waals surface area contributed by atoms with Crippen LogP contribution in [0.1, 0.15) is 5.56 Å². The lowest BCUT2D eigenvalue weighted by atomic mass is 10.1. The van der Waals surface area contributed by atoms with Crippen LogP contribution in [0.4, 0.5) is 0 Å². The van der Waals surface area contributed by atoms with Crippen LogP contribution in [0.2, 0.25) is 0 Å². The number of hydrogen-bond acceptors (Lipinski definition) is 4. The Labute approximate surface area is 88.1 Å². The number of oxime groups is 1. The summed E-state index contributed by atoms with van der Waals surface area (Å²) in [4.78, 5) is 0. The Bertz CT molecular complexity index is 322. The lowest BCUT2D eigenvalue weighted by molar-refractivity contribution is 0.0511. The maximum absolute atomic E-state index is 8.39. The monoisotopic (exact) mass is 210 g/mol. The molecular formula is C10H14N2O3. The standard InChI is InChI=1S/C10H14N2O3/c1-14-7-15-9-4-2-8(3-5-9)6-10(11)12-13/h2-5,13H,6-7H2,1H3,(H2,11,12). The van der Waals surface area contributed by atoms with Crippen LogP contribution in [0.25, 0.3) is 0 Å². The topological polar surface area (TPSA) is 77.1 Å². The molecule has 0 atom stereocenters. The van der Waals surface area contributed by atoms with Gasteiger partial charge in [0.2, 0.25) is 0 Å². The van der Waals surface area contributed by atoms with Crippen molar-refractivity contribution in [2.45, 2.75) is 6.42 Å². The molecule has 5 nitrogen and oxygen atoms in total. The molecule has 0 aliphatic heterocycles. The second kappa shape index (κ2) is 5.87. The first kappa shape index (κ1) is 11.3. The van der Waals surface area contributed by atoms with Crippen LogP contribution in [-0.2, 0) is 11.2 Å². The van der Waals surface area contributed by atoms with Crippen LogP contribution in [0.15, 0.2) is 29.4 Å². The minimum atomic E-state index is 0.181. The van der Waals surface area contributed by atoms with E-state index in [0.717, 1.165) is 11.3 Å². The number of rotatable bonds is 5. The third-order valence-electron chi connectivity index (χ3n) is 1.78. The third kappa shape index (κ3) is 3.86. The van der Waals surface area contributed by atoms with Crippen molar-refractivity contribution < 1.29 is 14.7 Å². The van der Waals surface area contributed by atoms with Crippen LogP contribution >= 0.6 is 0 Å². The summed E-state index contributed by atoms with van der Waals surface area (Å²) < 4.78 is 9.97. The second-order valence-corrected chi connectivity index (χ2v) is 2.96. The van der Waals surface area contributed by atoms with E-state index >= 15 is 0 Å². The number of hydrogen-bond donors (Lipinski definition) is 2. The van der Waals surface area contributed by atoms with E-state index in [9.17, 15) is 0 Å². The molecule has 0 radical (unpaired) electrons. The number of ether oxygens (including phenoxy) is 2. The van der Waals surface area contributed by atoms with E-state index < -0.39 is 0 Å². The number of benzene rings is 1. The van der Waals surface area contributed by atoms with Gasteiger partial charge in [0, 0.05) is 13.5 Å². The molecule has 1 rings (SSSR count). The predicted molar refractivity (Wildman–Crippen MR) is 56.1 cm³/mol. The Morgan fingerprint density at radius 1 is 1.40 bits per heavy atom. The van der Waals surface area contributed by atoms with Gasteiger partial charge in [-0.3, -0.25) is 0 Å². The summed E-state index contributed by atoms with van der Waals surface area (Å²) in [6.45, 7) is 0.222. The third-order valence-corrected chi connectivity index (χ3v) is 1.78. The zero-order valence-electron chi connectivity index (χ0n) is 8.51. The minimum Gasteiger partial charge on any atom is -0.468 e. The minimum absolute atomic E-state index is 0.181. The Hall–Kier alpha value is -1.75. The van der Waals surface area contributed by atoms with Crippen molar-refractivity contribution in [3.63, 3.8) is 0 Å². The smallest absolute Gasteiger partial charge is 0.188 e. The van der Waals surface area contributed by atoms with E-state index in [2.05, 4.69) is 5.16 Å². The van der Waals surface area contributed by atoms with Gasteiger partial charge in [-0.05, 0) is 17.7 Å². The maximum Gasteiger partial charge on any atom is 0.188 e. The highest BCUT2D eigenvalue weighted by Gasteiger charge is 1.98. The second-order valence-electron chi connectivity index (χ2n) is 2.96. The summed E-state index contributed by atoms with van der Waals surface area (Å²) >= 11 is 0. The van der Waals surface area contributed by atoms with Crippen molar-refractivity contribution in [1.82, 2.24) is 0 Å². The average molecular weight is 210 g/mol. The van der Waals surface area contributed by atoms with Crippen molar-refractivity contribution in [3.8, 4) is 5.75 Å². The summed E-state index contributed by atoms with van der Waals surface area (Å²) in [5.74, 6) is 0.903. The molecule has 1 aromatic rings. The van der Waals surface area contributed by atoms with Gasteiger partial charge < -0.3 is 20.4 Å². The molecule has 15 heavy (non-hydrogen) atoms. The molecule has 0 bridgehead atoms. The van der Waals surface area contributed by atoms with Crippen LogP contribution in [0.5, 0.6) is 5.75 Å². The predicted octanol–water partition coefficient (Wildman–Crippen LogP) is 0.958. The lowest BCUT2D eigenvalue weighted by Gasteiger charge is -2.05. The van der Waals surface area contributed by atoms with E-state index in [1.54, 1.807) is 19.2 Å². The first-order valence-corrected chi connectivity index (χ1v) is 4.43. The van der Waals surface area contributed by atoms with Crippen molar-refractivity contribution in [3.05, 3.63) is 29.8 Å². The molecule has 0 aliphatic carbocycles. The molecule has 3 N–H and O–H groups in total. The first-order chi connectivity index (χ1) is 7.26. The quantitative estimate of drug-likeness (QED) is 0.249. The molecule has 82 valence electrons. The average Bonchev–Trinajstić information content (AvgIpc) is 2.28. The largest absolute Gasteiger partial charge is 0.468 e. The molecule has 0 unspecified atom stereocenters. The fraction of sp³-hybridized carbons (Fsp3) is 0.300. The van der Waals surface area contributed by atoms with Gasteiger partial charge in [0.05, 0.1) is 0 Å². The molecule has 0 amide bonds. The van der Waals surface area contributed by atoms with Gasteiger partial charge in [-0.15, -0.1) is 0 Å². The zero-order valence-corrected chi connectivity index (χ0v) is 8.51. The SMILES string of the molecule is COCOc1ccc(CC(N)=NO)cc1. The van der Waals surface area contributed by atoms with E-state index in [1.807, 2.05) is 12.1 Å². The molecule has 5 heteroatoms. The van der Waals surface area contributed by atoms with Crippen LogP contribution < -0.4 is 10.5 Å². The Kier molecular flexibility index (Phi) is 4.43. The van der Waals surface area contributed by atoms with Crippen molar-refractivity contribution in [1.29, 1.82) is 0 Å². The van der Waals surface area contributed by atoms with Crippen LogP contribution in [0.3, 0.4) is 0 Å². The van der Waals surface area contributed by atoms with E-state index in [1.165, 1.54) is 0 Å². The van der Waals surface area contributed by atoms with E-state index in [0.29, 0.717) is 6.42 Å². The molecule has 0 heterocycles. The molecule has 0 saturated carbocycles. The molecule has 0 aromatic heterocycles. The number of nitrogens with two attached hydrogens (primary N) is 1. The molecular weight excluding hydrogens is 196 g/mol. The van der Waals surface area contributed by atoms with Crippen molar-refractivity contribution >= 4 is 5.84 Å². The van der Waals surface area contributed by atoms with Crippen molar-refractivity contribution in [2.24, 2.45) is 10.9 Å². The number of nitrogens with zero attached hydrogens (tertiary/aromatic N) is 1. The maximum atomic E-state index is 8.39. The Morgan fingerprint density at radius 3 is 2.60 bits per heavy atom. The Morgan fingerprint density at radius 2 is 2.07 bits per heavy atom. The zero-order chi connectivity index (χ0) is 11.1. The highest BCUT2D eigenvalue weighted by Crippen LogP contribution is 2.12. The van der Waals surface area contributed by atoms with Gasteiger partial charge in [-0.25, -0.2) is 0 Å². The molecule has 1 aromatic carbocycles. The van der Waals surface area contributed by atoms with Crippen LogP contribution in [0, 0.1) is 0 Å². The fourth-order valence-corrected chi connectivity index (χ4v) is 1.07. The van der Waals surface area contributed by atoms with Gasteiger partial charge >= 0.3 is 0 Å². The summed E-state index contributed by atoms with van der Waals surface area (Å²) in [5.41, 5.74) is 6.33. The lowest BCUT2D eigenvalue weighted by Crippen LogP contribution is -2.14. The van der Waals surface area contributed by atoms with Crippen molar-refractivity contribution in [2.75, 3.05) is 13.9 Å². The molecule has 0 saturated heterocycles. The van der Waals surface area contributed by atoms with Gasteiger partial charge in [0.25, 0.3) is 0 Å². The number of amidine groups is 1. The van der Waals surface area contributed by atoms with Gasteiger partial charge in [0.15, 0.2) is 6.79 Å².